The van der Waals surface area contributed by atoms with Gasteiger partial charge in [-0.1, -0.05) is 17.5 Å². The number of amides is 1. The van der Waals surface area contributed by atoms with Crippen molar-refractivity contribution in [3.63, 3.8) is 0 Å². The Morgan fingerprint density at radius 3 is 3.00 bits per heavy atom. The molecule has 0 fully saturated rings. The number of H-pyrrole nitrogens is 1. The van der Waals surface area contributed by atoms with Crippen molar-refractivity contribution in [3.05, 3.63) is 35.7 Å². The minimum atomic E-state index is -0.895. The van der Waals surface area contributed by atoms with Gasteiger partial charge in [0.05, 0.1) is 11.6 Å². The SMILES string of the molecule is C#CCNC(=O)C(C)(C)Nc1ccnc(-c2c[nH]c3ncc(Cl)cc23)n1. The van der Waals surface area contributed by atoms with Gasteiger partial charge in [-0.25, -0.2) is 15.0 Å². The minimum absolute atomic E-state index is 0.169. The summed E-state index contributed by atoms with van der Waals surface area (Å²) in [5, 5.41) is 7.11. The summed E-state index contributed by atoms with van der Waals surface area (Å²) in [6.45, 7) is 3.66. The maximum Gasteiger partial charge on any atom is 0.245 e. The largest absolute Gasteiger partial charge is 0.356 e. The van der Waals surface area contributed by atoms with Gasteiger partial charge >= 0.3 is 0 Å². The summed E-state index contributed by atoms with van der Waals surface area (Å²) in [5.41, 5.74) is 0.571. The quantitative estimate of drug-likeness (QED) is 0.602. The standard InChI is InChI=1S/C18H17ClN6O/c1-4-6-21-17(26)18(2,3)25-14-5-7-20-16(24-14)13-10-23-15-12(13)8-11(19)9-22-15/h1,5,7-10H,6H2,2-3H3,(H,21,26)(H,22,23)(H,20,24,25). The molecule has 0 spiro atoms. The van der Waals surface area contributed by atoms with E-state index in [1.54, 1.807) is 44.6 Å². The first-order chi connectivity index (χ1) is 12.4. The van der Waals surface area contributed by atoms with Gasteiger partial charge < -0.3 is 15.6 Å². The number of nitrogens with one attached hydrogen (secondary N) is 3. The Kier molecular flexibility index (Phi) is 4.78. The maximum absolute atomic E-state index is 12.2. The second-order valence-corrected chi connectivity index (χ2v) is 6.59. The van der Waals surface area contributed by atoms with Crippen molar-refractivity contribution in [2.24, 2.45) is 0 Å². The van der Waals surface area contributed by atoms with Crippen molar-refractivity contribution in [3.8, 4) is 23.7 Å². The first kappa shape index (κ1) is 17.7. The summed E-state index contributed by atoms with van der Waals surface area (Å²) in [5.74, 6) is 3.16. The minimum Gasteiger partial charge on any atom is -0.356 e. The van der Waals surface area contributed by atoms with Crippen LogP contribution in [0.3, 0.4) is 0 Å². The van der Waals surface area contributed by atoms with Gasteiger partial charge in [0, 0.05) is 29.5 Å². The fourth-order valence-corrected chi connectivity index (χ4v) is 2.61. The molecule has 3 heterocycles. The number of aromatic amines is 1. The number of hydrogen-bond donors (Lipinski definition) is 3. The zero-order valence-corrected chi connectivity index (χ0v) is 15.1. The Hall–Kier alpha value is -3.11. The molecule has 8 heteroatoms. The van der Waals surface area contributed by atoms with Crippen LogP contribution in [-0.4, -0.2) is 37.9 Å². The fourth-order valence-electron chi connectivity index (χ4n) is 2.45. The van der Waals surface area contributed by atoms with E-state index in [4.69, 9.17) is 18.0 Å². The highest BCUT2D eigenvalue weighted by Gasteiger charge is 2.27. The lowest BCUT2D eigenvalue weighted by atomic mass is 10.0. The van der Waals surface area contributed by atoms with Crippen molar-refractivity contribution < 1.29 is 4.79 Å². The van der Waals surface area contributed by atoms with Crippen LogP contribution in [0, 0.1) is 12.3 Å². The van der Waals surface area contributed by atoms with Gasteiger partial charge in [0.1, 0.15) is 17.0 Å². The molecule has 3 N–H and O–H groups in total. The molecule has 0 radical (unpaired) electrons. The first-order valence-electron chi connectivity index (χ1n) is 7.87. The van der Waals surface area contributed by atoms with E-state index in [0.29, 0.717) is 22.3 Å². The molecular formula is C18H17ClN6O. The Morgan fingerprint density at radius 1 is 1.42 bits per heavy atom. The average Bonchev–Trinajstić information content (AvgIpc) is 3.02. The zero-order valence-electron chi connectivity index (χ0n) is 14.3. The van der Waals surface area contributed by atoms with Gasteiger partial charge in [-0.2, -0.15) is 0 Å². The van der Waals surface area contributed by atoms with E-state index in [1.807, 2.05) is 0 Å². The smallest absolute Gasteiger partial charge is 0.245 e. The summed E-state index contributed by atoms with van der Waals surface area (Å²) in [7, 11) is 0. The highest BCUT2D eigenvalue weighted by Crippen LogP contribution is 2.27. The second-order valence-electron chi connectivity index (χ2n) is 6.15. The predicted octanol–water partition coefficient (Wildman–Crippen LogP) is 2.61. The number of rotatable bonds is 5. The van der Waals surface area contributed by atoms with Crippen molar-refractivity contribution in [2.75, 3.05) is 11.9 Å². The van der Waals surface area contributed by atoms with Gasteiger partial charge in [-0.3, -0.25) is 4.79 Å². The molecule has 0 aliphatic rings. The summed E-state index contributed by atoms with van der Waals surface area (Å²) in [6.07, 6.45) is 10.1. The van der Waals surface area contributed by atoms with E-state index in [1.165, 1.54) is 0 Å². The van der Waals surface area contributed by atoms with Crippen LogP contribution >= 0.6 is 11.6 Å². The van der Waals surface area contributed by atoms with Crippen LogP contribution in [-0.2, 0) is 4.79 Å². The van der Waals surface area contributed by atoms with Gasteiger partial charge in [0.15, 0.2) is 5.82 Å². The average molecular weight is 369 g/mol. The normalized spacial score (nSPS) is 11.2. The van der Waals surface area contributed by atoms with Gasteiger partial charge in [-0.15, -0.1) is 6.42 Å². The molecule has 3 aromatic rings. The Labute approximate surface area is 155 Å². The number of pyridine rings is 1. The van der Waals surface area contributed by atoms with Crippen LogP contribution in [0.4, 0.5) is 5.82 Å². The summed E-state index contributed by atoms with van der Waals surface area (Å²) in [4.78, 5) is 28.3. The second kappa shape index (κ2) is 7.02. The number of hydrogen-bond acceptors (Lipinski definition) is 5. The van der Waals surface area contributed by atoms with E-state index in [9.17, 15) is 4.79 Å². The van der Waals surface area contributed by atoms with Crippen LogP contribution in [0.2, 0.25) is 5.02 Å². The molecule has 0 saturated carbocycles. The van der Waals surface area contributed by atoms with Crippen molar-refractivity contribution in [2.45, 2.75) is 19.4 Å². The topological polar surface area (TPSA) is 95.6 Å². The number of aromatic nitrogens is 4. The van der Waals surface area contributed by atoms with Gasteiger partial charge in [0.2, 0.25) is 5.91 Å². The van der Waals surface area contributed by atoms with Gasteiger partial charge in [0.25, 0.3) is 0 Å². The Morgan fingerprint density at radius 2 is 2.23 bits per heavy atom. The number of halogens is 1. The molecular weight excluding hydrogens is 352 g/mol. The van der Waals surface area contributed by atoms with Crippen LogP contribution in [0.5, 0.6) is 0 Å². The van der Waals surface area contributed by atoms with Gasteiger partial charge in [-0.05, 0) is 26.0 Å². The third-order valence-electron chi connectivity index (χ3n) is 3.75. The molecule has 0 atom stereocenters. The van der Waals surface area contributed by atoms with E-state index in [2.05, 4.69) is 36.5 Å². The zero-order chi connectivity index (χ0) is 18.7. The molecule has 0 aliphatic carbocycles. The Balaban J connectivity index is 1.90. The lowest BCUT2D eigenvalue weighted by Crippen LogP contribution is -2.48. The molecule has 0 aliphatic heterocycles. The molecule has 0 unspecified atom stereocenters. The molecule has 0 bridgehead atoms. The number of anilines is 1. The molecule has 7 nitrogen and oxygen atoms in total. The van der Waals surface area contributed by atoms with Crippen molar-refractivity contribution in [1.82, 2.24) is 25.3 Å². The fraction of sp³-hybridized carbons (Fsp3) is 0.222. The van der Waals surface area contributed by atoms with Crippen LogP contribution < -0.4 is 10.6 Å². The molecule has 3 aromatic heterocycles. The molecule has 0 saturated heterocycles. The van der Waals surface area contributed by atoms with Crippen LogP contribution in [0.1, 0.15) is 13.8 Å². The maximum atomic E-state index is 12.2. The number of terminal acetylenes is 1. The lowest BCUT2D eigenvalue weighted by Gasteiger charge is -2.25. The predicted molar refractivity (Wildman–Crippen MR) is 102 cm³/mol. The molecule has 3 rings (SSSR count). The monoisotopic (exact) mass is 368 g/mol. The molecule has 1 amide bonds. The third-order valence-corrected chi connectivity index (χ3v) is 3.96. The third kappa shape index (κ3) is 3.60. The van der Waals surface area contributed by atoms with Crippen LogP contribution in [0.15, 0.2) is 30.7 Å². The first-order valence-corrected chi connectivity index (χ1v) is 8.24. The summed E-state index contributed by atoms with van der Waals surface area (Å²) in [6, 6.07) is 3.50. The van der Waals surface area contributed by atoms with E-state index < -0.39 is 5.54 Å². The van der Waals surface area contributed by atoms with Crippen molar-refractivity contribution in [1.29, 1.82) is 0 Å². The number of carbonyl (C=O) groups excluding carboxylic acids is 1. The number of fused-ring (bicyclic) bond motifs is 1. The van der Waals surface area contributed by atoms with Crippen LogP contribution in [0.25, 0.3) is 22.4 Å². The molecule has 132 valence electrons. The summed E-state index contributed by atoms with van der Waals surface area (Å²) >= 11 is 6.04. The number of carbonyl (C=O) groups is 1. The molecule has 0 aromatic carbocycles. The van der Waals surface area contributed by atoms with E-state index in [-0.39, 0.29) is 12.5 Å². The summed E-state index contributed by atoms with van der Waals surface area (Å²) < 4.78 is 0. The highest BCUT2D eigenvalue weighted by atomic mass is 35.5. The lowest BCUT2D eigenvalue weighted by molar-refractivity contribution is -0.124. The van der Waals surface area contributed by atoms with E-state index >= 15 is 0 Å². The molecule has 26 heavy (non-hydrogen) atoms. The highest BCUT2D eigenvalue weighted by molar-refractivity contribution is 6.31. The Bertz CT molecular complexity index is 1000. The van der Waals surface area contributed by atoms with E-state index in [0.717, 1.165) is 10.9 Å². The van der Waals surface area contributed by atoms with Crippen molar-refractivity contribution >= 4 is 34.4 Å². The number of nitrogens with zero attached hydrogens (tertiary/aromatic N) is 3.